The van der Waals surface area contributed by atoms with E-state index < -0.39 is 5.97 Å². The largest absolute Gasteiger partial charge is 0.478 e. The molecule has 0 aromatic heterocycles. The summed E-state index contributed by atoms with van der Waals surface area (Å²) in [6, 6.07) is 17.0. The lowest BCUT2D eigenvalue weighted by Crippen LogP contribution is -2.35. The molecule has 2 aromatic carbocycles. The molecule has 1 amide bonds. The minimum atomic E-state index is -0.958. The summed E-state index contributed by atoms with van der Waals surface area (Å²) in [6.45, 7) is 4.83. The van der Waals surface area contributed by atoms with E-state index in [2.05, 4.69) is 31.3 Å². The normalized spacial score (nSPS) is 11.1. The Kier molecular flexibility index (Phi) is 6.34. The summed E-state index contributed by atoms with van der Waals surface area (Å²) in [6.07, 6.45) is 1.59. The third kappa shape index (κ3) is 6.07. The third-order valence-corrected chi connectivity index (χ3v) is 4.16. The summed E-state index contributed by atoms with van der Waals surface area (Å²) >= 11 is 0. The molecule has 132 valence electrons. The van der Waals surface area contributed by atoms with Crippen molar-refractivity contribution in [3.63, 3.8) is 0 Å². The second-order valence-electron chi connectivity index (χ2n) is 7.07. The third-order valence-electron chi connectivity index (χ3n) is 4.16. The highest BCUT2D eigenvalue weighted by Crippen LogP contribution is 2.21. The lowest BCUT2D eigenvalue weighted by atomic mass is 9.85. The molecule has 0 fully saturated rings. The molecule has 2 N–H and O–H groups in total. The molecule has 0 spiro atoms. The highest BCUT2D eigenvalue weighted by molar-refractivity contribution is 5.89. The number of rotatable bonds is 8. The minimum Gasteiger partial charge on any atom is -0.478 e. The van der Waals surface area contributed by atoms with E-state index in [1.165, 1.54) is 5.56 Å². The number of aromatic carboxylic acids is 1. The number of carboxylic acids is 1. The van der Waals surface area contributed by atoms with Crippen molar-refractivity contribution >= 4 is 11.9 Å². The smallest absolute Gasteiger partial charge is 0.335 e. The van der Waals surface area contributed by atoms with Crippen LogP contribution in [-0.2, 0) is 17.6 Å². The summed E-state index contributed by atoms with van der Waals surface area (Å²) in [4.78, 5) is 23.3. The van der Waals surface area contributed by atoms with Crippen LogP contribution in [0, 0.1) is 5.41 Å². The molecular formula is C21H25NO3. The van der Waals surface area contributed by atoms with Gasteiger partial charge in [-0.05, 0) is 35.4 Å². The Balaban J connectivity index is 1.83. The topological polar surface area (TPSA) is 66.4 Å². The summed E-state index contributed by atoms with van der Waals surface area (Å²) < 4.78 is 0. The number of carbonyl (C=O) groups excluding carboxylic acids is 1. The fourth-order valence-corrected chi connectivity index (χ4v) is 2.83. The molecule has 0 aliphatic heterocycles. The van der Waals surface area contributed by atoms with Crippen molar-refractivity contribution in [1.29, 1.82) is 0 Å². The number of amides is 1. The summed E-state index contributed by atoms with van der Waals surface area (Å²) in [5.74, 6) is -1.01. The van der Waals surface area contributed by atoms with Gasteiger partial charge < -0.3 is 10.4 Å². The Labute approximate surface area is 148 Å². The van der Waals surface area contributed by atoms with Crippen LogP contribution in [0.3, 0.4) is 0 Å². The van der Waals surface area contributed by atoms with Gasteiger partial charge >= 0.3 is 5.97 Å². The number of benzene rings is 2. The lowest BCUT2D eigenvalue weighted by Gasteiger charge is -2.25. The van der Waals surface area contributed by atoms with E-state index in [9.17, 15) is 14.7 Å². The van der Waals surface area contributed by atoms with Gasteiger partial charge in [0.1, 0.15) is 0 Å². The highest BCUT2D eigenvalue weighted by Gasteiger charge is 2.19. The quantitative estimate of drug-likeness (QED) is 0.770. The van der Waals surface area contributed by atoms with Crippen molar-refractivity contribution in [3.05, 3.63) is 71.3 Å². The van der Waals surface area contributed by atoms with Gasteiger partial charge in [0.05, 0.1) is 5.56 Å². The van der Waals surface area contributed by atoms with E-state index in [-0.39, 0.29) is 23.3 Å². The average Bonchev–Trinajstić information content (AvgIpc) is 2.59. The van der Waals surface area contributed by atoms with Crippen LogP contribution in [0.4, 0.5) is 0 Å². The van der Waals surface area contributed by atoms with E-state index in [0.29, 0.717) is 18.5 Å². The molecule has 25 heavy (non-hydrogen) atoms. The number of carbonyl (C=O) groups is 2. The van der Waals surface area contributed by atoms with Crippen LogP contribution in [-0.4, -0.2) is 23.5 Å². The zero-order valence-corrected chi connectivity index (χ0v) is 14.8. The Hall–Kier alpha value is -2.62. The first-order chi connectivity index (χ1) is 11.9. The molecule has 2 rings (SSSR count). The SMILES string of the molecule is CC(C)(CNC(=O)CCc1ccccc1C(=O)O)Cc1ccccc1. The van der Waals surface area contributed by atoms with Crippen molar-refractivity contribution < 1.29 is 14.7 Å². The monoisotopic (exact) mass is 339 g/mol. The molecular weight excluding hydrogens is 314 g/mol. The van der Waals surface area contributed by atoms with Gasteiger partial charge in [0.25, 0.3) is 0 Å². The molecule has 0 atom stereocenters. The first-order valence-corrected chi connectivity index (χ1v) is 8.49. The van der Waals surface area contributed by atoms with Crippen molar-refractivity contribution in [3.8, 4) is 0 Å². The Bertz CT molecular complexity index is 723. The Morgan fingerprint density at radius 3 is 2.32 bits per heavy atom. The predicted octanol–water partition coefficient (Wildman–Crippen LogP) is 3.70. The second kappa shape index (κ2) is 8.47. The summed E-state index contributed by atoms with van der Waals surface area (Å²) in [5.41, 5.74) is 2.15. The van der Waals surface area contributed by atoms with Crippen molar-refractivity contribution in [1.82, 2.24) is 5.32 Å². The maximum Gasteiger partial charge on any atom is 0.335 e. The van der Waals surface area contributed by atoms with Gasteiger partial charge in [-0.2, -0.15) is 0 Å². The summed E-state index contributed by atoms with van der Waals surface area (Å²) in [5, 5.41) is 12.2. The van der Waals surface area contributed by atoms with E-state index >= 15 is 0 Å². The van der Waals surface area contributed by atoms with Gasteiger partial charge in [-0.3, -0.25) is 4.79 Å². The number of carboxylic acid groups (broad SMARTS) is 1. The molecule has 0 aliphatic carbocycles. The van der Waals surface area contributed by atoms with E-state index in [1.807, 2.05) is 18.2 Å². The maximum absolute atomic E-state index is 12.1. The van der Waals surface area contributed by atoms with Crippen LogP contribution in [0.25, 0.3) is 0 Å². The maximum atomic E-state index is 12.1. The minimum absolute atomic E-state index is 0.0456. The van der Waals surface area contributed by atoms with Gasteiger partial charge in [-0.25, -0.2) is 4.79 Å². The molecule has 2 aromatic rings. The van der Waals surface area contributed by atoms with Crippen molar-refractivity contribution in [2.75, 3.05) is 6.54 Å². The van der Waals surface area contributed by atoms with E-state index in [4.69, 9.17) is 0 Å². The molecule has 4 nitrogen and oxygen atoms in total. The standard InChI is InChI=1S/C21H25NO3/c1-21(2,14-16-8-4-3-5-9-16)15-22-19(23)13-12-17-10-6-7-11-18(17)20(24)25/h3-11H,12-15H2,1-2H3,(H,22,23)(H,24,25). The van der Waals surface area contributed by atoms with Crippen LogP contribution in [0.1, 0.15) is 41.8 Å². The number of hydrogen-bond donors (Lipinski definition) is 2. The number of aryl methyl sites for hydroxylation is 1. The van der Waals surface area contributed by atoms with Crippen LogP contribution in [0.2, 0.25) is 0 Å². The van der Waals surface area contributed by atoms with E-state index in [0.717, 1.165) is 6.42 Å². The van der Waals surface area contributed by atoms with Crippen molar-refractivity contribution in [2.24, 2.45) is 5.41 Å². The first-order valence-electron chi connectivity index (χ1n) is 8.49. The first kappa shape index (κ1) is 18.7. The lowest BCUT2D eigenvalue weighted by molar-refractivity contribution is -0.121. The molecule has 4 heteroatoms. The molecule has 0 aliphatic rings. The van der Waals surface area contributed by atoms with Gasteiger partial charge in [0.2, 0.25) is 5.91 Å². The van der Waals surface area contributed by atoms with Gasteiger partial charge in [-0.1, -0.05) is 62.4 Å². The zero-order chi connectivity index (χ0) is 18.3. The zero-order valence-electron chi connectivity index (χ0n) is 14.8. The molecule has 0 heterocycles. The number of nitrogens with one attached hydrogen (secondary N) is 1. The van der Waals surface area contributed by atoms with Crippen LogP contribution < -0.4 is 5.32 Å². The summed E-state index contributed by atoms with van der Waals surface area (Å²) in [7, 11) is 0. The molecule has 0 saturated heterocycles. The molecule has 0 bridgehead atoms. The second-order valence-corrected chi connectivity index (χ2v) is 7.07. The molecule has 0 saturated carbocycles. The van der Waals surface area contributed by atoms with Crippen LogP contribution in [0.5, 0.6) is 0 Å². The number of hydrogen-bond acceptors (Lipinski definition) is 2. The van der Waals surface area contributed by atoms with Gasteiger partial charge in [0, 0.05) is 13.0 Å². The Morgan fingerprint density at radius 1 is 1.00 bits per heavy atom. The van der Waals surface area contributed by atoms with Gasteiger partial charge in [-0.15, -0.1) is 0 Å². The van der Waals surface area contributed by atoms with Crippen molar-refractivity contribution in [2.45, 2.75) is 33.1 Å². The molecule has 0 radical (unpaired) electrons. The highest BCUT2D eigenvalue weighted by atomic mass is 16.4. The van der Waals surface area contributed by atoms with Gasteiger partial charge in [0.15, 0.2) is 0 Å². The predicted molar refractivity (Wildman–Crippen MR) is 98.7 cm³/mol. The fraction of sp³-hybridized carbons (Fsp3) is 0.333. The average molecular weight is 339 g/mol. The molecule has 0 unspecified atom stereocenters. The van der Waals surface area contributed by atoms with Crippen LogP contribution >= 0.6 is 0 Å². The Morgan fingerprint density at radius 2 is 1.64 bits per heavy atom. The van der Waals surface area contributed by atoms with E-state index in [1.54, 1.807) is 24.3 Å². The van der Waals surface area contributed by atoms with Crippen LogP contribution in [0.15, 0.2) is 54.6 Å². The fourth-order valence-electron chi connectivity index (χ4n) is 2.83.